The number of rotatable bonds is 6. The van der Waals surface area contributed by atoms with E-state index in [2.05, 4.69) is 14.9 Å². The van der Waals surface area contributed by atoms with Crippen molar-refractivity contribution < 1.29 is 34.0 Å². The number of ether oxygens (including phenoxy) is 2. The number of halogens is 1. The Labute approximate surface area is 183 Å². The molecule has 3 heterocycles. The van der Waals surface area contributed by atoms with Gasteiger partial charge in [0.25, 0.3) is 0 Å². The first-order chi connectivity index (χ1) is 14.6. The van der Waals surface area contributed by atoms with Crippen molar-refractivity contribution in [1.29, 1.82) is 0 Å². The Morgan fingerprint density at radius 1 is 1.29 bits per heavy atom. The molecule has 1 saturated carbocycles. The van der Waals surface area contributed by atoms with Crippen LogP contribution in [0, 0.1) is 0 Å². The predicted molar refractivity (Wildman–Crippen MR) is 112 cm³/mol. The highest BCUT2D eigenvalue weighted by atomic mass is 35.5. The van der Waals surface area contributed by atoms with Gasteiger partial charge < -0.3 is 38.9 Å². The Morgan fingerprint density at radius 3 is 2.58 bits per heavy atom. The molecule has 0 radical (unpaired) electrons. The molecule has 2 aromatic rings. The zero-order chi connectivity index (χ0) is 22.5. The summed E-state index contributed by atoms with van der Waals surface area (Å²) in [6.45, 7) is 0. The lowest BCUT2D eigenvalue weighted by Crippen LogP contribution is -2.39. The smallest absolute Gasteiger partial charge is 0.356 e. The van der Waals surface area contributed by atoms with Crippen LogP contribution in [0.5, 0.6) is 0 Å². The van der Waals surface area contributed by atoms with Gasteiger partial charge in [-0.2, -0.15) is 9.97 Å². The van der Waals surface area contributed by atoms with E-state index in [0.717, 1.165) is 32.8 Å². The number of anilines is 1. The van der Waals surface area contributed by atoms with E-state index in [0.29, 0.717) is 22.9 Å². The molecule has 1 unspecified atom stereocenters. The van der Waals surface area contributed by atoms with E-state index in [4.69, 9.17) is 21.1 Å². The monoisotopic (exact) mass is 476 g/mol. The fourth-order valence-corrected chi connectivity index (χ4v) is 5.61. The van der Waals surface area contributed by atoms with Crippen molar-refractivity contribution in [3.05, 3.63) is 17.5 Å². The molecule has 0 bridgehead atoms. The average Bonchev–Trinajstić information content (AvgIpc) is 3.43. The van der Waals surface area contributed by atoms with Gasteiger partial charge in [0.15, 0.2) is 12.1 Å². The van der Waals surface area contributed by atoms with E-state index >= 15 is 0 Å². The second kappa shape index (κ2) is 8.57. The van der Waals surface area contributed by atoms with Crippen molar-refractivity contribution in [3.8, 4) is 0 Å². The SMILES string of the molecule is COC([C@@H]1O[C@@H](n2ccc3c(N(C)C4CCCC4)nc(Cl)nc32)[C@H](O)[C@@H]1O)P(=O)(O)O. The van der Waals surface area contributed by atoms with Crippen LogP contribution in [0.1, 0.15) is 31.9 Å². The second-order valence-electron chi connectivity index (χ2n) is 8.01. The van der Waals surface area contributed by atoms with Gasteiger partial charge in [0, 0.05) is 26.4 Å². The third kappa shape index (κ3) is 4.09. The lowest BCUT2D eigenvalue weighted by molar-refractivity contribution is -0.0759. The molecule has 4 N–H and O–H groups in total. The number of hydrogen-bond donors (Lipinski definition) is 4. The summed E-state index contributed by atoms with van der Waals surface area (Å²) in [6, 6.07) is 2.10. The van der Waals surface area contributed by atoms with E-state index in [1.54, 1.807) is 12.3 Å². The van der Waals surface area contributed by atoms with Gasteiger partial charge in [-0.1, -0.05) is 12.8 Å². The molecule has 31 heavy (non-hydrogen) atoms. The molecular formula is C18H26ClN4O7P. The van der Waals surface area contributed by atoms with Crippen molar-refractivity contribution >= 4 is 36.0 Å². The summed E-state index contributed by atoms with van der Waals surface area (Å²) in [5, 5.41) is 21.7. The number of fused-ring (bicyclic) bond motifs is 1. The molecule has 13 heteroatoms. The van der Waals surface area contributed by atoms with Gasteiger partial charge in [0.2, 0.25) is 5.28 Å². The van der Waals surface area contributed by atoms with E-state index in [-0.39, 0.29) is 5.28 Å². The molecule has 0 amide bonds. The first-order valence-corrected chi connectivity index (χ1v) is 12.1. The molecule has 2 fully saturated rings. The van der Waals surface area contributed by atoms with Gasteiger partial charge in [0.1, 0.15) is 29.8 Å². The van der Waals surface area contributed by atoms with Crippen LogP contribution in [0.4, 0.5) is 5.82 Å². The minimum absolute atomic E-state index is 0.0156. The maximum atomic E-state index is 11.7. The lowest BCUT2D eigenvalue weighted by Gasteiger charge is -2.26. The minimum Gasteiger partial charge on any atom is -0.387 e. The predicted octanol–water partition coefficient (Wildman–Crippen LogP) is 1.23. The van der Waals surface area contributed by atoms with Gasteiger partial charge >= 0.3 is 7.60 Å². The van der Waals surface area contributed by atoms with Gasteiger partial charge in [0.05, 0.1) is 5.39 Å². The van der Waals surface area contributed by atoms with E-state index in [1.165, 1.54) is 4.57 Å². The summed E-state index contributed by atoms with van der Waals surface area (Å²) in [7, 11) is -1.71. The second-order valence-corrected chi connectivity index (χ2v) is 10.0. The molecule has 2 aromatic heterocycles. The summed E-state index contributed by atoms with van der Waals surface area (Å²) in [6.07, 6.45) is 0.369. The van der Waals surface area contributed by atoms with E-state index in [9.17, 15) is 24.6 Å². The Morgan fingerprint density at radius 2 is 1.97 bits per heavy atom. The van der Waals surface area contributed by atoms with Crippen LogP contribution in [0.2, 0.25) is 5.28 Å². The zero-order valence-electron chi connectivity index (χ0n) is 17.1. The zero-order valence-corrected chi connectivity index (χ0v) is 18.7. The topological polar surface area (TPSA) is 150 Å². The first-order valence-electron chi connectivity index (χ1n) is 10.00. The molecular weight excluding hydrogens is 451 g/mol. The van der Waals surface area contributed by atoms with Crippen molar-refractivity contribution in [1.82, 2.24) is 14.5 Å². The van der Waals surface area contributed by atoms with Gasteiger partial charge in [-0.15, -0.1) is 0 Å². The molecule has 1 aliphatic heterocycles. The fraction of sp³-hybridized carbons (Fsp3) is 0.667. The maximum Gasteiger partial charge on any atom is 0.356 e. The van der Waals surface area contributed by atoms with Crippen LogP contribution < -0.4 is 4.90 Å². The molecule has 11 nitrogen and oxygen atoms in total. The summed E-state index contributed by atoms with van der Waals surface area (Å²) < 4.78 is 23.8. The third-order valence-corrected chi connectivity index (χ3v) is 7.47. The van der Waals surface area contributed by atoms with E-state index < -0.39 is 38.0 Å². The number of aliphatic hydroxyl groups is 2. The normalized spacial score (nSPS) is 28.5. The highest BCUT2D eigenvalue weighted by Gasteiger charge is 2.52. The van der Waals surface area contributed by atoms with Crippen molar-refractivity contribution in [2.75, 3.05) is 19.1 Å². The molecule has 1 aliphatic carbocycles. The summed E-state index contributed by atoms with van der Waals surface area (Å²) in [4.78, 5) is 29.8. The van der Waals surface area contributed by atoms with Gasteiger partial charge in [-0.25, -0.2) is 0 Å². The number of nitrogens with zero attached hydrogens (tertiary/aromatic N) is 4. The van der Waals surface area contributed by atoms with Crippen LogP contribution in [0.15, 0.2) is 12.3 Å². The van der Waals surface area contributed by atoms with Crippen LogP contribution in [0.25, 0.3) is 11.0 Å². The first kappa shape index (κ1) is 22.9. The van der Waals surface area contributed by atoms with Crippen LogP contribution in [-0.4, -0.2) is 78.9 Å². The number of methoxy groups -OCH3 is 1. The quantitative estimate of drug-likeness (QED) is 0.354. The Balaban J connectivity index is 1.71. The van der Waals surface area contributed by atoms with Gasteiger partial charge in [-0.3, -0.25) is 4.57 Å². The summed E-state index contributed by atoms with van der Waals surface area (Å²) >= 11 is 6.20. The van der Waals surface area contributed by atoms with Crippen LogP contribution in [0.3, 0.4) is 0 Å². The van der Waals surface area contributed by atoms with Crippen molar-refractivity contribution in [2.24, 2.45) is 0 Å². The minimum atomic E-state index is -4.76. The Hall–Kier alpha value is -1.30. The largest absolute Gasteiger partial charge is 0.387 e. The molecule has 0 aromatic carbocycles. The summed E-state index contributed by atoms with van der Waals surface area (Å²) in [5.74, 6) is -1.08. The van der Waals surface area contributed by atoms with Crippen molar-refractivity contribution in [2.45, 2.75) is 62.1 Å². The van der Waals surface area contributed by atoms with Crippen LogP contribution in [-0.2, 0) is 14.0 Å². The lowest BCUT2D eigenvalue weighted by atomic mass is 10.1. The molecule has 4 rings (SSSR count). The van der Waals surface area contributed by atoms with Gasteiger partial charge in [-0.05, 0) is 30.5 Å². The standard InChI is InChI=1S/C18H26ClN4O7P/c1-22(9-5-3-4-6-9)14-10-7-8-23(15(10)21-18(19)20-14)16-12(25)11(24)13(30-16)17(29-2)31(26,27)28/h7-9,11-13,16-17,24-25H,3-6H2,1-2H3,(H2,26,27,28)/t11-,12+,13+,16+,17?/m0/s1. The fourth-order valence-electron chi connectivity index (χ4n) is 4.54. The number of hydrogen-bond acceptors (Lipinski definition) is 8. The Bertz CT molecular complexity index is 995. The highest BCUT2D eigenvalue weighted by Crippen LogP contribution is 2.48. The number of aliphatic hydroxyl groups excluding tert-OH is 2. The van der Waals surface area contributed by atoms with Crippen molar-refractivity contribution in [3.63, 3.8) is 0 Å². The third-order valence-electron chi connectivity index (χ3n) is 6.13. The van der Waals surface area contributed by atoms with E-state index in [1.807, 2.05) is 7.05 Å². The molecule has 0 spiro atoms. The highest BCUT2D eigenvalue weighted by molar-refractivity contribution is 7.52. The summed E-state index contributed by atoms with van der Waals surface area (Å²) in [5.41, 5.74) is 0.377. The molecule has 172 valence electrons. The maximum absolute atomic E-state index is 11.7. The number of aromatic nitrogens is 3. The molecule has 5 atom stereocenters. The molecule has 2 aliphatic rings. The molecule has 1 saturated heterocycles. The van der Waals surface area contributed by atoms with Crippen LogP contribution >= 0.6 is 19.2 Å². The average molecular weight is 477 g/mol. The Kier molecular flexibility index (Phi) is 6.32.